The van der Waals surface area contributed by atoms with Gasteiger partial charge in [-0.25, -0.2) is 8.42 Å². The number of sulfone groups is 1. The number of hydrogen-bond acceptors (Lipinski definition) is 4. The van der Waals surface area contributed by atoms with Gasteiger partial charge < -0.3 is 10.2 Å². The molecular weight excluding hydrogens is 240 g/mol. The van der Waals surface area contributed by atoms with Gasteiger partial charge in [-0.15, -0.1) is 0 Å². The van der Waals surface area contributed by atoms with Crippen LogP contribution in [0.1, 0.15) is 25.7 Å². The molecule has 1 amide bonds. The van der Waals surface area contributed by atoms with Crippen molar-refractivity contribution in [1.82, 2.24) is 10.2 Å². The molecule has 2 heterocycles. The lowest BCUT2D eigenvalue weighted by atomic mass is 10.0. The van der Waals surface area contributed by atoms with Gasteiger partial charge in [0.15, 0.2) is 9.84 Å². The molecule has 5 nitrogen and oxygen atoms in total. The van der Waals surface area contributed by atoms with Crippen LogP contribution < -0.4 is 5.32 Å². The van der Waals surface area contributed by atoms with Crippen LogP contribution in [0.15, 0.2) is 0 Å². The zero-order valence-corrected chi connectivity index (χ0v) is 11.0. The third kappa shape index (κ3) is 3.42. The summed E-state index contributed by atoms with van der Waals surface area (Å²) in [6.07, 6.45) is 3.06. The normalized spacial score (nSPS) is 33.7. The Hall–Kier alpha value is -0.620. The maximum Gasteiger partial charge on any atom is 0.222 e. The number of likely N-dealkylation sites (N-methyl/N-ethyl adjacent to an activating group) is 1. The first-order chi connectivity index (χ1) is 7.96. The summed E-state index contributed by atoms with van der Waals surface area (Å²) in [7, 11) is -1.05. The van der Waals surface area contributed by atoms with Crippen molar-refractivity contribution in [3.05, 3.63) is 0 Å². The van der Waals surface area contributed by atoms with Crippen LogP contribution in [-0.2, 0) is 14.6 Å². The van der Waals surface area contributed by atoms with Crippen molar-refractivity contribution in [2.45, 2.75) is 37.8 Å². The van der Waals surface area contributed by atoms with E-state index in [2.05, 4.69) is 5.32 Å². The molecule has 0 aliphatic carbocycles. The van der Waals surface area contributed by atoms with Crippen LogP contribution in [0.25, 0.3) is 0 Å². The summed E-state index contributed by atoms with van der Waals surface area (Å²) < 4.78 is 23.0. The maximum atomic E-state index is 11.5. The zero-order chi connectivity index (χ0) is 12.5. The first-order valence-electron chi connectivity index (χ1n) is 6.17. The molecule has 1 N–H and O–H groups in total. The van der Waals surface area contributed by atoms with E-state index in [1.807, 2.05) is 0 Å². The van der Waals surface area contributed by atoms with E-state index in [0.717, 1.165) is 19.3 Å². The van der Waals surface area contributed by atoms with Crippen molar-refractivity contribution >= 4 is 15.7 Å². The number of amides is 1. The lowest BCUT2D eigenvalue weighted by molar-refractivity contribution is -0.132. The molecule has 2 fully saturated rings. The third-order valence-electron chi connectivity index (χ3n) is 3.56. The highest BCUT2D eigenvalue weighted by atomic mass is 32.2. The monoisotopic (exact) mass is 260 g/mol. The minimum Gasteiger partial charge on any atom is -0.344 e. The van der Waals surface area contributed by atoms with E-state index >= 15 is 0 Å². The minimum absolute atomic E-state index is 0.0698. The van der Waals surface area contributed by atoms with E-state index in [1.54, 1.807) is 11.9 Å². The second-order valence-electron chi connectivity index (χ2n) is 5.13. The molecule has 0 bridgehead atoms. The highest BCUT2D eigenvalue weighted by Crippen LogP contribution is 2.16. The van der Waals surface area contributed by atoms with E-state index in [-0.39, 0.29) is 23.7 Å². The van der Waals surface area contributed by atoms with Crippen molar-refractivity contribution in [3.63, 3.8) is 0 Å². The quantitative estimate of drug-likeness (QED) is 0.745. The molecule has 0 aromatic rings. The molecule has 2 atom stereocenters. The van der Waals surface area contributed by atoms with Gasteiger partial charge in [0.05, 0.1) is 11.5 Å². The van der Waals surface area contributed by atoms with Gasteiger partial charge in [-0.3, -0.25) is 4.79 Å². The molecular formula is C11H20N2O3S. The molecule has 98 valence electrons. The third-order valence-corrected chi connectivity index (χ3v) is 5.38. The molecule has 0 saturated carbocycles. The Morgan fingerprint density at radius 1 is 1.29 bits per heavy atom. The van der Waals surface area contributed by atoms with Gasteiger partial charge in [-0.05, 0) is 19.3 Å². The van der Waals surface area contributed by atoms with Gasteiger partial charge >= 0.3 is 0 Å². The summed E-state index contributed by atoms with van der Waals surface area (Å²) in [5.74, 6) is 0.759. The van der Waals surface area contributed by atoms with Crippen molar-refractivity contribution in [1.29, 1.82) is 0 Å². The molecule has 2 saturated heterocycles. The van der Waals surface area contributed by atoms with E-state index in [0.29, 0.717) is 18.7 Å². The fourth-order valence-electron chi connectivity index (χ4n) is 2.64. The van der Waals surface area contributed by atoms with E-state index in [9.17, 15) is 13.2 Å². The largest absolute Gasteiger partial charge is 0.344 e. The Morgan fingerprint density at radius 2 is 2.06 bits per heavy atom. The van der Waals surface area contributed by atoms with Crippen LogP contribution in [0, 0.1) is 0 Å². The number of piperidine rings is 1. The number of carbonyl (C=O) groups is 1. The fourth-order valence-corrected chi connectivity index (χ4v) is 4.29. The second-order valence-corrected chi connectivity index (χ2v) is 7.36. The van der Waals surface area contributed by atoms with Gasteiger partial charge in [0.2, 0.25) is 5.91 Å². The lowest BCUT2D eigenvalue weighted by Crippen LogP contribution is -2.52. The van der Waals surface area contributed by atoms with Crippen molar-refractivity contribution in [2.75, 3.05) is 25.1 Å². The fraction of sp³-hybridized carbons (Fsp3) is 0.909. The molecule has 6 heteroatoms. The number of nitrogens with one attached hydrogen (secondary N) is 1. The predicted molar refractivity (Wildman–Crippen MR) is 65.5 cm³/mol. The number of carbonyl (C=O) groups excluding carboxylic acids is 1. The number of rotatable bonds is 2. The predicted octanol–water partition coefficient (Wildman–Crippen LogP) is -0.226. The number of hydrogen-bond donors (Lipinski definition) is 1. The molecule has 0 aromatic heterocycles. The van der Waals surface area contributed by atoms with Crippen molar-refractivity contribution in [3.8, 4) is 0 Å². The summed E-state index contributed by atoms with van der Waals surface area (Å²) in [5, 5.41) is 3.39. The minimum atomic E-state index is -2.85. The average Bonchev–Trinajstić information content (AvgIpc) is 2.22. The molecule has 0 aromatic carbocycles. The Balaban J connectivity index is 1.87. The standard InChI is InChI=1S/C11H20N2O3S/c1-13-7-9(4-5-11(13)14)12-10-3-2-6-17(15,16)8-10/h9-10,12H,2-8H2,1H3. The summed E-state index contributed by atoms with van der Waals surface area (Å²) in [5.41, 5.74) is 0. The van der Waals surface area contributed by atoms with Gasteiger partial charge in [-0.2, -0.15) is 0 Å². The van der Waals surface area contributed by atoms with Gasteiger partial charge in [0.1, 0.15) is 0 Å². The second kappa shape index (κ2) is 4.94. The average molecular weight is 260 g/mol. The van der Waals surface area contributed by atoms with Crippen molar-refractivity contribution < 1.29 is 13.2 Å². The Kier molecular flexibility index (Phi) is 3.73. The maximum absolute atomic E-state index is 11.5. The highest BCUT2D eigenvalue weighted by Gasteiger charge is 2.29. The molecule has 2 unspecified atom stereocenters. The summed E-state index contributed by atoms with van der Waals surface area (Å²) in [6, 6.07) is 0.316. The summed E-state index contributed by atoms with van der Waals surface area (Å²) >= 11 is 0. The molecule has 0 spiro atoms. The Bertz CT molecular complexity index is 394. The van der Waals surface area contributed by atoms with Gasteiger partial charge in [0, 0.05) is 32.1 Å². The highest BCUT2D eigenvalue weighted by molar-refractivity contribution is 7.91. The molecule has 0 radical (unpaired) electrons. The molecule has 2 rings (SSSR count). The number of likely N-dealkylation sites (tertiary alicyclic amines) is 1. The number of nitrogens with zero attached hydrogens (tertiary/aromatic N) is 1. The van der Waals surface area contributed by atoms with Gasteiger partial charge in [0.25, 0.3) is 0 Å². The van der Waals surface area contributed by atoms with Crippen LogP contribution in [0.3, 0.4) is 0 Å². The summed E-state index contributed by atoms with van der Waals surface area (Å²) in [6.45, 7) is 0.690. The van der Waals surface area contributed by atoms with Crippen LogP contribution in [0.5, 0.6) is 0 Å². The summed E-state index contributed by atoms with van der Waals surface area (Å²) in [4.78, 5) is 13.1. The van der Waals surface area contributed by atoms with E-state index < -0.39 is 9.84 Å². The Labute approximate surface area is 102 Å². The van der Waals surface area contributed by atoms with Crippen LogP contribution >= 0.6 is 0 Å². The molecule has 2 aliphatic heterocycles. The smallest absolute Gasteiger partial charge is 0.222 e. The van der Waals surface area contributed by atoms with Crippen LogP contribution in [0.4, 0.5) is 0 Å². The first kappa shape index (κ1) is 12.8. The zero-order valence-electron chi connectivity index (χ0n) is 10.2. The van der Waals surface area contributed by atoms with Crippen molar-refractivity contribution in [2.24, 2.45) is 0 Å². The molecule has 2 aliphatic rings. The lowest BCUT2D eigenvalue weighted by Gasteiger charge is -2.34. The van der Waals surface area contributed by atoms with E-state index in [1.165, 1.54) is 0 Å². The van der Waals surface area contributed by atoms with Crippen LogP contribution in [-0.4, -0.2) is 56.4 Å². The molecule has 17 heavy (non-hydrogen) atoms. The first-order valence-corrected chi connectivity index (χ1v) is 7.99. The van der Waals surface area contributed by atoms with E-state index in [4.69, 9.17) is 0 Å². The topological polar surface area (TPSA) is 66.5 Å². The SMILES string of the molecule is CN1CC(NC2CCCS(=O)(=O)C2)CCC1=O. The van der Waals surface area contributed by atoms with Gasteiger partial charge in [-0.1, -0.05) is 0 Å². The van der Waals surface area contributed by atoms with Crippen LogP contribution in [0.2, 0.25) is 0 Å². The Morgan fingerprint density at radius 3 is 2.71 bits per heavy atom.